The van der Waals surface area contributed by atoms with Gasteiger partial charge < -0.3 is 15.7 Å². The van der Waals surface area contributed by atoms with Gasteiger partial charge in [0, 0.05) is 6.54 Å². The van der Waals surface area contributed by atoms with Gasteiger partial charge in [0.1, 0.15) is 6.04 Å². The molecule has 1 aliphatic rings. The smallest absolute Gasteiger partial charge is 0.326 e. The largest absolute Gasteiger partial charge is 0.480 e. The molecule has 1 rings (SSSR count). The lowest BCUT2D eigenvalue weighted by molar-refractivity contribution is -0.147. The minimum atomic E-state index is -0.988. The van der Waals surface area contributed by atoms with Crippen molar-refractivity contribution in [3.05, 3.63) is 0 Å². The molecule has 0 saturated carbocycles. The quantitative estimate of drug-likeness (QED) is 0.560. The Morgan fingerprint density at radius 2 is 2.42 bits per heavy atom. The highest BCUT2D eigenvalue weighted by atomic mass is 16.4. The second kappa shape index (κ2) is 3.10. The van der Waals surface area contributed by atoms with E-state index in [9.17, 15) is 9.59 Å². The summed E-state index contributed by atoms with van der Waals surface area (Å²) in [4.78, 5) is 23.0. The second-order valence-corrected chi connectivity index (χ2v) is 2.94. The molecule has 68 valence electrons. The van der Waals surface area contributed by atoms with E-state index in [0.717, 1.165) is 0 Å². The molecule has 0 unspecified atom stereocenters. The van der Waals surface area contributed by atoms with Crippen molar-refractivity contribution in [2.45, 2.75) is 25.4 Å². The van der Waals surface area contributed by atoms with E-state index >= 15 is 0 Å². The molecule has 0 radical (unpaired) electrons. The average molecular weight is 172 g/mol. The molecule has 1 amide bonds. The second-order valence-electron chi connectivity index (χ2n) is 2.94. The number of nitrogens with zero attached hydrogens (tertiary/aromatic N) is 1. The van der Waals surface area contributed by atoms with Crippen LogP contribution in [-0.4, -0.2) is 40.5 Å². The molecule has 5 heteroatoms. The number of hydrogen-bond donors (Lipinski definition) is 2. The first kappa shape index (κ1) is 8.99. The number of rotatable bonds is 2. The summed E-state index contributed by atoms with van der Waals surface area (Å²) in [6.07, 6.45) is 0.552. The molecule has 1 fully saturated rings. The SMILES string of the molecule is C[C@@H](C(=O)O)N1CC[C@@H](N)C1=O. The third-order valence-corrected chi connectivity index (χ3v) is 2.11. The molecule has 0 bridgehead atoms. The standard InChI is InChI=1S/C7H12N2O3/c1-4(7(11)12)9-3-2-5(8)6(9)10/h4-5H,2-3,8H2,1H3,(H,11,12)/t4-,5+/m0/s1. The minimum Gasteiger partial charge on any atom is -0.480 e. The fourth-order valence-corrected chi connectivity index (χ4v) is 1.24. The number of hydrogen-bond acceptors (Lipinski definition) is 3. The number of carboxylic acids is 1. The fraction of sp³-hybridized carbons (Fsp3) is 0.714. The van der Waals surface area contributed by atoms with Crippen molar-refractivity contribution < 1.29 is 14.7 Å². The minimum absolute atomic E-state index is 0.259. The van der Waals surface area contributed by atoms with Gasteiger partial charge >= 0.3 is 5.97 Å². The first-order valence-corrected chi connectivity index (χ1v) is 3.83. The molecule has 0 spiro atoms. The van der Waals surface area contributed by atoms with E-state index in [1.165, 1.54) is 11.8 Å². The van der Waals surface area contributed by atoms with Gasteiger partial charge in [0.15, 0.2) is 0 Å². The number of nitrogens with two attached hydrogens (primary N) is 1. The molecular formula is C7H12N2O3. The van der Waals surface area contributed by atoms with Gasteiger partial charge in [-0.25, -0.2) is 4.79 Å². The van der Waals surface area contributed by atoms with Crippen molar-refractivity contribution in [1.29, 1.82) is 0 Å². The molecule has 0 aliphatic carbocycles. The number of carbonyl (C=O) groups excluding carboxylic acids is 1. The molecule has 0 aromatic heterocycles. The highest BCUT2D eigenvalue weighted by molar-refractivity contribution is 5.88. The van der Waals surface area contributed by atoms with Crippen LogP contribution in [0.1, 0.15) is 13.3 Å². The molecule has 1 aliphatic heterocycles. The zero-order valence-corrected chi connectivity index (χ0v) is 6.86. The van der Waals surface area contributed by atoms with Crippen molar-refractivity contribution in [3.8, 4) is 0 Å². The molecule has 0 aromatic rings. The summed E-state index contributed by atoms with van der Waals surface area (Å²) in [6, 6.07) is -1.27. The Balaban J connectivity index is 2.65. The number of likely N-dealkylation sites (tertiary alicyclic amines) is 1. The predicted octanol–water partition coefficient (Wildman–Crippen LogP) is -0.981. The topological polar surface area (TPSA) is 83.6 Å². The van der Waals surface area contributed by atoms with Crippen LogP contribution < -0.4 is 5.73 Å². The summed E-state index contributed by atoms with van der Waals surface area (Å²) in [6.45, 7) is 1.94. The van der Waals surface area contributed by atoms with Gasteiger partial charge in [0.05, 0.1) is 6.04 Å². The Morgan fingerprint density at radius 1 is 1.83 bits per heavy atom. The van der Waals surface area contributed by atoms with Gasteiger partial charge in [-0.2, -0.15) is 0 Å². The van der Waals surface area contributed by atoms with Crippen LogP contribution in [0.2, 0.25) is 0 Å². The summed E-state index contributed by atoms with van der Waals surface area (Å²) in [5.74, 6) is -1.25. The van der Waals surface area contributed by atoms with Crippen molar-refractivity contribution >= 4 is 11.9 Å². The zero-order chi connectivity index (χ0) is 9.30. The van der Waals surface area contributed by atoms with Crippen molar-refractivity contribution in [1.82, 2.24) is 4.90 Å². The molecule has 12 heavy (non-hydrogen) atoms. The number of aliphatic carboxylic acids is 1. The molecule has 2 atom stereocenters. The van der Waals surface area contributed by atoms with Crippen LogP contribution >= 0.6 is 0 Å². The van der Waals surface area contributed by atoms with Gasteiger partial charge in [0.25, 0.3) is 0 Å². The molecule has 1 heterocycles. The van der Waals surface area contributed by atoms with E-state index in [-0.39, 0.29) is 5.91 Å². The van der Waals surface area contributed by atoms with Crippen LogP contribution in [0.4, 0.5) is 0 Å². The predicted molar refractivity (Wildman–Crippen MR) is 41.4 cm³/mol. The van der Waals surface area contributed by atoms with Gasteiger partial charge in [-0.15, -0.1) is 0 Å². The first-order valence-electron chi connectivity index (χ1n) is 3.83. The average Bonchev–Trinajstić information content (AvgIpc) is 2.32. The maximum absolute atomic E-state index is 11.2. The molecule has 0 aromatic carbocycles. The lowest BCUT2D eigenvalue weighted by Gasteiger charge is -2.20. The van der Waals surface area contributed by atoms with Crippen LogP contribution in [0.25, 0.3) is 0 Å². The third-order valence-electron chi connectivity index (χ3n) is 2.11. The summed E-state index contributed by atoms with van der Waals surface area (Å²) >= 11 is 0. The highest BCUT2D eigenvalue weighted by Gasteiger charge is 2.34. The lowest BCUT2D eigenvalue weighted by Crippen LogP contribution is -2.43. The zero-order valence-electron chi connectivity index (χ0n) is 6.86. The summed E-state index contributed by atoms with van der Waals surface area (Å²) in [5.41, 5.74) is 5.42. The Hall–Kier alpha value is -1.10. The molecule has 3 N–H and O–H groups in total. The maximum atomic E-state index is 11.2. The number of carboxylic acid groups (broad SMARTS) is 1. The third kappa shape index (κ3) is 1.40. The monoisotopic (exact) mass is 172 g/mol. The van der Waals surface area contributed by atoms with Gasteiger partial charge in [-0.1, -0.05) is 0 Å². The Bertz CT molecular complexity index is 217. The van der Waals surface area contributed by atoms with Gasteiger partial charge in [-0.3, -0.25) is 4.79 Å². The fourth-order valence-electron chi connectivity index (χ4n) is 1.24. The molecule has 5 nitrogen and oxygen atoms in total. The van der Waals surface area contributed by atoms with Crippen molar-refractivity contribution in [2.75, 3.05) is 6.54 Å². The molecular weight excluding hydrogens is 160 g/mol. The van der Waals surface area contributed by atoms with E-state index in [0.29, 0.717) is 13.0 Å². The number of carbonyl (C=O) groups is 2. The normalized spacial score (nSPS) is 26.0. The van der Waals surface area contributed by atoms with Crippen LogP contribution in [0.5, 0.6) is 0 Å². The summed E-state index contributed by atoms with van der Waals surface area (Å²) in [7, 11) is 0. The van der Waals surface area contributed by atoms with E-state index in [2.05, 4.69) is 0 Å². The van der Waals surface area contributed by atoms with Gasteiger partial charge in [-0.05, 0) is 13.3 Å². The van der Waals surface area contributed by atoms with Crippen LogP contribution in [0.3, 0.4) is 0 Å². The van der Waals surface area contributed by atoms with Crippen LogP contribution in [0.15, 0.2) is 0 Å². The van der Waals surface area contributed by atoms with E-state index in [4.69, 9.17) is 10.8 Å². The van der Waals surface area contributed by atoms with Gasteiger partial charge in [0.2, 0.25) is 5.91 Å². The summed E-state index contributed by atoms with van der Waals surface area (Å²) in [5, 5.41) is 8.61. The van der Waals surface area contributed by atoms with Crippen LogP contribution in [-0.2, 0) is 9.59 Å². The summed E-state index contributed by atoms with van der Waals surface area (Å²) < 4.78 is 0. The highest BCUT2D eigenvalue weighted by Crippen LogP contribution is 2.12. The Kier molecular flexibility index (Phi) is 2.32. The lowest BCUT2D eigenvalue weighted by atomic mass is 10.3. The van der Waals surface area contributed by atoms with Crippen LogP contribution in [0, 0.1) is 0 Å². The Labute approximate surface area is 70.1 Å². The van der Waals surface area contributed by atoms with E-state index < -0.39 is 18.1 Å². The maximum Gasteiger partial charge on any atom is 0.326 e. The van der Waals surface area contributed by atoms with E-state index in [1.54, 1.807) is 0 Å². The Morgan fingerprint density at radius 3 is 2.75 bits per heavy atom. The van der Waals surface area contributed by atoms with Crippen molar-refractivity contribution in [2.24, 2.45) is 5.73 Å². The van der Waals surface area contributed by atoms with Crippen molar-refractivity contribution in [3.63, 3.8) is 0 Å². The number of amides is 1. The first-order chi connectivity index (χ1) is 5.54. The van der Waals surface area contributed by atoms with E-state index in [1.807, 2.05) is 0 Å². The molecule has 1 saturated heterocycles.